The predicted molar refractivity (Wildman–Crippen MR) is 212 cm³/mol. The van der Waals surface area contributed by atoms with Crippen molar-refractivity contribution in [3.63, 3.8) is 0 Å². The molecule has 4 aliphatic rings. The van der Waals surface area contributed by atoms with Crippen LogP contribution in [0.3, 0.4) is 0 Å². The van der Waals surface area contributed by atoms with Crippen LogP contribution < -0.4 is 10.1 Å². The summed E-state index contributed by atoms with van der Waals surface area (Å²) in [6, 6.07) is 0. The van der Waals surface area contributed by atoms with Gasteiger partial charge in [0.1, 0.15) is 43.0 Å². The number of ketones is 1. The number of aliphatic hydroxyl groups is 2. The number of phenolic OH excluding ortho intramolecular Hbond substituents is 3. The summed E-state index contributed by atoms with van der Waals surface area (Å²) in [7, 11) is 1.42. The Balaban J connectivity index is 1.72. The fourth-order valence-electron chi connectivity index (χ4n) is 8.06. The van der Waals surface area contributed by atoms with Crippen LogP contribution >= 0.6 is 0 Å². The van der Waals surface area contributed by atoms with Gasteiger partial charge in [-0.3, -0.25) is 14.4 Å². The Labute approximate surface area is 337 Å². The number of benzene rings is 2. The van der Waals surface area contributed by atoms with E-state index in [1.807, 2.05) is 0 Å². The maximum Gasteiger partial charge on any atom is 0.312 e. The molecule has 1 amide bonds. The van der Waals surface area contributed by atoms with Crippen LogP contribution in [0.1, 0.15) is 70.0 Å². The average molecular weight is 813 g/mol. The monoisotopic (exact) mass is 812 g/mol. The standard InChI is InChI=1S/C42H56N2O14/c1-20-11-10-12-21(2)41(52)43-32-27(19-44(53)14-17-55-18-15-44)36(49)29-30(37(32)50)35(48)25(6)39-31(29)40(51)42(8,58-39)56-16-13-28(54-9)22(3)38(57-26(7)45)24(5)34(47)23(4)33(20)46/h10-13,16,20,22-24,28,33-34,38,46-50H,14-15,17-19H2,1-9H3,(H,43,52)/b11-10+,16-13+,21-12-/t20-,22-,23+,24-,28-,33-,34+,38+,42-/m0/s1. The van der Waals surface area contributed by atoms with Gasteiger partial charge in [0.05, 0.1) is 60.0 Å². The number of carbonyl (C=O) groups is 3. The van der Waals surface area contributed by atoms with E-state index in [-0.39, 0.29) is 70.8 Å². The zero-order valence-corrected chi connectivity index (χ0v) is 34.4. The molecule has 58 heavy (non-hydrogen) atoms. The van der Waals surface area contributed by atoms with Crippen molar-refractivity contribution in [1.29, 1.82) is 0 Å². The van der Waals surface area contributed by atoms with Crippen molar-refractivity contribution in [1.82, 2.24) is 0 Å². The van der Waals surface area contributed by atoms with Crippen LogP contribution in [-0.4, -0.2) is 111 Å². The third kappa shape index (κ3) is 8.40. The summed E-state index contributed by atoms with van der Waals surface area (Å²) in [5.74, 6) is -8.79. The number of hydroxylamine groups is 3. The molecule has 0 saturated carbocycles. The maximum atomic E-state index is 14.4. The number of ether oxygens (including phenoxy) is 5. The van der Waals surface area contributed by atoms with E-state index in [1.165, 1.54) is 53.2 Å². The SMILES string of the molecule is CO[C@H]1/C=C/O[C@@]2(C)Oc3c(C)c(O)c4c(O)c(c(C[N+]5([O-])CCOCC5)c(O)c4c3C2=O)NC(=O)/C(C)=C\C=C\[C@H](C)[C@H](O)[C@@H](C)[C@@H](O)[C@H](C)[C@H](OC(C)=O)[C@H]1C. The van der Waals surface area contributed by atoms with Crippen LogP contribution in [-0.2, 0) is 35.1 Å². The molecule has 4 aliphatic heterocycles. The predicted octanol–water partition coefficient (Wildman–Crippen LogP) is 4.60. The van der Waals surface area contributed by atoms with E-state index < -0.39 is 100.0 Å². The molecule has 0 unspecified atom stereocenters. The Kier molecular flexibility index (Phi) is 13.2. The molecule has 2 aromatic rings. The number of aromatic hydroxyl groups is 3. The van der Waals surface area contributed by atoms with Gasteiger partial charge < -0.3 is 64.4 Å². The van der Waals surface area contributed by atoms with Crippen LogP contribution in [0.25, 0.3) is 10.8 Å². The summed E-state index contributed by atoms with van der Waals surface area (Å²) < 4.78 is 28.0. The molecule has 1 saturated heterocycles. The van der Waals surface area contributed by atoms with Gasteiger partial charge in [-0.05, 0) is 19.9 Å². The highest BCUT2D eigenvalue weighted by molar-refractivity contribution is 6.22. The molecular weight excluding hydrogens is 756 g/mol. The first-order valence-electron chi connectivity index (χ1n) is 19.4. The molecule has 6 N–H and O–H groups in total. The second-order valence-electron chi connectivity index (χ2n) is 16.0. The molecule has 0 aromatic heterocycles. The van der Waals surface area contributed by atoms with Gasteiger partial charge >= 0.3 is 11.8 Å². The van der Waals surface area contributed by atoms with Gasteiger partial charge in [-0.15, -0.1) is 0 Å². The number of Topliss-reactive ketones (excluding diaryl/α,β-unsaturated/α-hetero) is 1. The van der Waals surface area contributed by atoms with Crippen LogP contribution in [0.2, 0.25) is 0 Å². The van der Waals surface area contributed by atoms with Crippen LogP contribution in [0, 0.1) is 35.8 Å². The zero-order valence-electron chi connectivity index (χ0n) is 34.4. The fourth-order valence-corrected chi connectivity index (χ4v) is 8.06. The summed E-state index contributed by atoms with van der Waals surface area (Å²) in [5.41, 5.74) is -0.607. The van der Waals surface area contributed by atoms with Crippen molar-refractivity contribution < 1.29 is 68.2 Å². The minimum atomic E-state index is -2.08. The summed E-state index contributed by atoms with van der Waals surface area (Å²) in [4.78, 5) is 40.5. The number of anilines is 1. The summed E-state index contributed by atoms with van der Waals surface area (Å²) >= 11 is 0. The first-order chi connectivity index (χ1) is 27.2. The Morgan fingerprint density at radius 1 is 0.966 bits per heavy atom. The van der Waals surface area contributed by atoms with E-state index in [0.29, 0.717) is 0 Å². The highest BCUT2D eigenvalue weighted by Gasteiger charge is 2.50. The van der Waals surface area contributed by atoms with Crippen molar-refractivity contribution >= 4 is 34.1 Å². The fraction of sp³-hybridized carbons (Fsp3) is 0.548. The van der Waals surface area contributed by atoms with Gasteiger partial charge in [0.25, 0.3) is 11.7 Å². The quantitative estimate of drug-likeness (QED) is 0.0815. The normalized spacial score (nSPS) is 32.8. The van der Waals surface area contributed by atoms with E-state index in [9.17, 15) is 45.1 Å². The van der Waals surface area contributed by atoms with Crippen LogP contribution in [0.5, 0.6) is 23.0 Å². The highest BCUT2D eigenvalue weighted by atomic mass is 16.7. The van der Waals surface area contributed by atoms with Gasteiger partial charge in [-0.2, -0.15) is 0 Å². The van der Waals surface area contributed by atoms with E-state index in [2.05, 4.69) is 5.32 Å². The number of quaternary nitrogens is 1. The van der Waals surface area contributed by atoms with E-state index in [4.69, 9.17) is 23.7 Å². The van der Waals surface area contributed by atoms with Gasteiger partial charge in [0.15, 0.2) is 5.75 Å². The van der Waals surface area contributed by atoms with Gasteiger partial charge in [0, 0.05) is 61.2 Å². The number of nitrogens with zero attached hydrogens (tertiary/aromatic N) is 1. The number of carbonyl (C=O) groups excluding carboxylic acids is 3. The number of fused-ring (bicyclic) bond motifs is 14. The molecule has 9 atom stereocenters. The average Bonchev–Trinajstić information content (AvgIpc) is 3.44. The number of hydrogen-bond donors (Lipinski definition) is 6. The number of phenols is 3. The highest BCUT2D eigenvalue weighted by Crippen LogP contribution is 2.55. The summed E-state index contributed by atoms with van der Waals surface area (Å²) in [5, 5.41) is 74.3. The molecule has 2 aromatic carbocycles. The second kappa shape index (κ2) is 17.3. The molecule has 5 bridgehead atoms. The smallest absolute Gasteiger partial charge is 0.312 e. The topological polar surface area (TPSA) is 234 Å². The summed E-state index contributed by atoms with van der Waals surface area (Å²) in [6.45, 7) is 12.1. The largest absolute Gasteiger partial charge is 0.632 e. The molecule has 318 valence electrons. The first-order valence-corrected chi connectivity index (χ1v) is 19.4. The molecule has 0 spiro atoms. The van der Waals surface area contributed by atoms with Crippen LogP contribution in [0.15, 0.2) is 36.1 Å². The molecule has 0 radical (unpaired) electrons. The van der Waals surface area contributed by atoms with Crippen molar-refractivity contribution in [3.8, 4) is 23.0 Å². The Bertz CT molecular complexity index is 2020. The third-order valence-electron chi connectivity index (χ3n) is 11.8. The second-order valence-corrected chi connectivity index (χ2v) is 16.0. The number of rotatable bonds is 4. The number of methoxy groups -OCH3 is 1. The van der Waals surface area contributed by atoms with E-state index in [0.717, 1.165) is 0 Å². The third-order valence-corrected chi connectivity index (χ3v) is 11.8. The van der Waals surface area contributed by atoms with Crippen molar-refractivity contribution in [2.75, 3.05) is 38.7 Å². The lowest BCUT2D eigenvalue weighted by Crippen LogP contribution is -2.49. The molecule has 16 heteroatoms. The number of nitrogens with one attached hydrogen (secondary N) is 1. The lowest BCUT2D eigenvalue weighted by atomic mass is 9.78. The lowest BCUT2D eigenvalue weighted by Gasteiger charge is -2.45. The Hall–Kier alpha value is -4.71. The maximum absolute atomic E-state index is 14.4. The van der Waals surface area contributed by atoms with Gasteiger partial charge in [0.2, 0.25) is 0 Å². The molecule has 0 aliphatic carbocycles. The molecule has 16 nitrogen and oxygen atoms in total. The van der Waals surface area contributed by atoms with Crippen molar-refractivity contribution in [2.24, 2.45) is 23.7 Å². The number of hydrogen-bond acceptors (Lipinski definition) is 14. The Morgan fingerprint density at radius 3 is 2.24 bits per heavy atom. The lowest BCUT2D eigenvalue weighted by molar-refractivity contribution is -0.901. The van der Waals surface area contributed by atoms with E-state index in [1.54, 1.807) is 39.8 Å². The Morgan fingerprint density at radius 2 is 1.62 bits per heavy atom. The molecular formula is C42H56N2O14. The van der Waals surface area contributed by atoms with Crippen molar-refractivity contribution in [3.05, 3.63) is 58.0 Å². The number of aliphatic hydroxyl groups excluding tert-OH is 2. The minimum absolute atomic E-state index is 0.00576. The molecule has 6 rings (SSSR count). The first kappa shape index (κ1) is 44.4. The number of amides is 1. The number of morpholine rings is 1. The van der Waals surface area contributed by atoms with Crippen LogP contribution in [0.4, 0.5) is 5.69 Å². The number of allylic oxidation sites excluding steroid dienone is 2. The van der Waals surface area contributed by atoms with Crippen molar-refractivity contribution in [2.45, 2.75) is 92.1 Å². The minimum Gasteiger partial charge on any atom is -0.632 e. The molecule has 4 heterocycles. The summed E-state index contributed by atoms with van der Waals surface area (Å²) in [6.07, 6.45) is 3.36. The van der Waals surface area contributed by atoms with E-state index >= 15 is 0 Å². The van der Waals surface area contributed by atoms with Gasteiger partial charge in [-0.25, -0.2) is 0 Å². The zero-order chi connectivity index (χ0) is 43.0. The molecule has 1 fully saturated rings. The van der Waals surface area contributed by atoms with Gasteiger partial charge in [-0.1, -0.05) is 45.9 Å². The number of esters is 1.